The zero-order chi connectivity index (χ0) is 31.8. The number of ether oxygens (including phenoxy) is 4. The van der Waals surface area contributed by atoms with E-state index in [0.29, 0.717) is 51.6 Å². The zero-order valence-electron chi connectivity index (χ0n) is 26.4. The van der Waals surface area contributed by atoms with Gasteiger partial charge in [0.25, 0.3) is 0 Å². The van der Waals surface area contributed by atoms with Crippen LogP contribution in [-0.4, -0.2) is 83.2 Å². The molecule has 42 heavy (non-hydrogen) atoms. The molecule has 0 bridgehead atoms. The second-order valence-corrected chi connectivity index (χ2v) is 13.0. The van der Waals surface area contributed by atoms with Crippen molar-refractivity contribution >= 4 is 35.7 Å². The van der Waals surface area contributed by atoms with E-state index in [1.165, 1.54) is 23.6 Å². The first-order chi connectivity index (χ1) is 19.4. The lowest BCUT2D eigenvalue weighted by Crippen LogP contribution is -2.43. The molecule has 0 aliphatic carbocycles. The van der Waals surface area contributed by atoms with Crippen molar-refractivity contribution in [2.45, 2.75) is 131 Å². The first-order valence-electron chi connectivity index (χ1n) is 14.8. The van der Waals surface area contributed by atoms with E-state index in [1.807, 2.05) is 0 Å². The molecule has 0 radical (unpaired) electrons. The van der Waals surface area contributed by atoms with Crippen LogP contribution >= 0.6 is 0 Å². The molecule has 0 aromatic heterocycles. The van der Waals surface area contributed by atoms with Crippen molar-refractivity contribution in [1.82, 2.24) is 9.80 Å². The molecule has 0 aromatic rings. The van der Waals surface area contributed by atoms with E-state index in [2.05, 4.69) is 0 Å². The zero-order valence-corrected chi connectivity index (χ0v) is 26.4. The number of rotatable bonds is 11. The van der Waals surface area contributed by atoms with Crippen LogP contribution in [0.15, 0.2) is 0 Å². The molecule has 2 fully saturated rings. The summed E-state index contributed by atoms with van der Waals surface area (Å²) in [6.45, 7) is 14.0. The van der Waals surface area contributed by atoms with Gasteiger partial charge in [-0.1, -0.05) is 0 Å². The molecule has 12 nitrogen and oxygen atoms in total. The standard InChI is InChI=1S/C30H48N2O10/c1-19(41-27(37)29(3,4)5)39-25(35)21-13-11-17-31(21)23(33)15-9-10-16-24(34)32-18-12-14-22(32)26(36)40-20(2)42-28(38)30(6,7)8/h19-22H,9-18H2,1-8H3/t19?,20?,21-,22-/m1/s1. The van der Waals surface area contributed by atoms with E-state index in [1.54, 1.807) is 41.5 Å². The van der Waals surface area contributed by atoms with Crippen molar-refractivity contribution < 1.29 is 47.7 Å². The topological polar surface area (TPSA) is 146 Å². The smallest absolute Gasteiger partial charge is 0.331 e. The Bertz CT molecular complexity index is 933. The molecule has 0 aromatic carbocycles. The highest BCUT2D eigenvalue weighted by molar-refractivity contribution is 5.86. The highest BCUT2D eigenvalue weighted by Gasteiger charge is 2.38. The summed E-state index contributed by atoms with van der Waals surface area (Å²) < 4.78 is 21.0. The van der Waals surface area contributed by atoms with Gasteiger partial charge in [0, 0.05) is 39.8 Å². The number of likely N-dealkylation sites (tertiary alicyclic amines) is 2. The number of hydrogen-bond donors (Lipinski definition) is 0. The van der Waals surface area contributed by atoms with Crippen LogP contribution in [0, 0.1) is 10.8 Å². The Balaban J connectivity index is 1.78. The van der Waals surface area contributed by atoms with Gasteiger partial charge in [-0.05, 0) is 80.1 Å². The van der Waals surface area contributed by atoms with Crippen molar-refractivity contribution in [3.05, 3.63) is 0 Å². The fraction of sp³-hybridized carbons (Fsp3) is 0.800. The molecule has 238 valence electrons. The molecule has 0 N–H and O–H groups in total. The van der Waals surface area contributed by atoms with Crippen LogP contribution in [0.4, 0.5) is 0 Å². The number of carbonyl (C=O) groups excluding carboxylic acids is 6. The van der Waals surface area contributed by atoms with Crippen LogP contribution in [0.1, 0.15) is 107 Å². The summed E-state index contributed by atoms with van der Waals surface area (Å²) in [6, 6.07) is -1.48. The third-order valence-electron chi connectivity index (χ3n) is 7.06. The SMILES string of the molecule is CC(OC(=O)[C@H]1CCCN1C(=O)CCCCC(=O)N1CCC[C@@H]1C(=O)OC(C)OC(=O)C(C)(C)C)OC(=O)C(C)(C)C. The average Bonchev–Trinajstić information content (AvgIpc) is 3.55. The predicted octanol–water partition coefficient (Wildman–Crippen LogP) is 3.49. The lowest BCUT2D eigenvalue weighted by molar-refractivity contribution is -0.195. The van der Waals surface area contributed by atoms with Crippen LogP contribution in [0.25, 0.3) is 0 Å². The highest BCUT2D eigenvalue weighted by Crippen LogP contribution is 2.24. The fourth-order valence-electron chi connectivity index (χ4n) is 4.65. The Morgan fingerprint density at radius 3 is 1.26 bits per heavy atom. The number of unbranched alkanes of at least 4 members (excludes halogenated alkanes) is 1. The average molecular weight is 597 g/mol. The Hall–Kier alpha value is -3.18. The van der Waals surface area contributed by atoms with Gasteiger partial charge in [-0.2, -0.15) is 0 Å². The fourth-order valence-corrected chi connectivity index (χ4v) is 4.65. The molecule has 0 saturated carbocycles. The second kappa shape index (κ2) is 14.8. The van der Waals surface area contributed by atoms with Crippen LogP contribution in [0.5, 0.6) is 0 Å². The van der Waals surface area contributed by atoms with Gasteiger partial charge in [0.1, 0.15) is 12.1 Å². The summed E-state index contributed by atoms with van der Waals surface area (Å²) >= 11 is 0. The Kier molecular flexibility index (Phi) is 12.4. The number of nitrogens with zero attached hydrogens (tertiary/aromatic N) is 2. The molecular weight excluding hydrogens is 548 g/mol. The van der Waals surface area contributed by atoms with Crippen molar-refractivity contribution in [3.63, 3.8) is 0 Å². The van der Waals surface area contributed by atoms with Crippen molar-refractivity contribution in [1.29, 1.82) is 0 Å². The number of carbonyl (C=O) groups is 6. The summed E-state index contributed by atoms with van der Waals surface area (Å²) in [4.78, 5) is 78.2. The van der Waals surface area contributed by atoms with Gasteiger partial charge >= 0.3 is 23.9 Å². The second-order valence-electron chi connectivity index (χ2n) is 13.0. The van der Waals surface area contributed by atoms with Crippen LogP contribution in [0.2, 0.25) is 0 Å². The molecule has 2 saturated heterocycles. The minimum atomic E-state index is -1.07. The minimum Gasteiger partial charge on any atom is -0.425 e. The minimum absolute atomic E-state index is 0.160. The molecule has 2 heterocycles. The normalized spacial score (nSPS) is 20.5. The van der Waals surface area contributed by atoms with Crippen LogP contribution < -0.4 is 0 Å². The van der Waals surface area contributed by atoms with E-state index in [4.69, 9.17) is 18.9 Å². The quantitative estimate of drug-likeness (QED) is 0.197. The molecule has 2 aliphatic heterocycles. The third-order valence-corrected chi connectivity index (χ3v) is 7.06. The number of esters is 4. The van der Waals surface area contributed by atoms with Crippen molar-refractivity contribution in [3.8, 4) is 0 Å². The van der Waals surface area contributed by atoms with Gasteiger partial charge < -0.3 is 28.7 Å². The van der Waals surface area contributed by atoms with E-state index < -0.39 is 59.4 Å². The predicted molar refractivity (Wildman–Crippen MR) is 150 cm³/mol. The maximum atomic E-state index is 12.9. The van der Waals surface area contributed by atoms with Gasteiger partial charge in [-0.3, -0.25) is 19.2 Å². The van der Waals surface area contributed by atoms with Gasteiger partial charge in [-0.15, -0.1) is 0 Å². The van der Waals surface area contributed by atoms with Gasteiger partial charge in [0.15, 0.2) is 0 Å². The van der Waals surface area contributed by atoms with Gasteiger partial charge in [-0.25, -0.2) is 9.59 Å². The van der Waals surface area contributed by atoms with E-state index in [-0.39, 0.29) is 24.7 Å². The summed E-state index contributed by atoms with van der Waals surface area (Å²) in [5.41, 5.74) is -1.48. The Morgan fingerprint density at radius 1 is 0.619 bits per heavy atom. The molecule has 2 amide bonds. The van der Waals surface area contributed by atoms with Gasteiger partial charge in [0.2, 0.25) is 24.4 Å². The molecular formula is C30H48N2O10. The third kappa shape index (κ3) is 10.3. The van der Waals surface area contributed by atoms with Crippen LogP contribution in [0.3, 0.4) is 0 Å². The molecule has 0 spiro atoms. The maximum Gasteiger partial charge on any atom is 0.331 e. The Morgan fingerprint density at radius 2 is 0.952 bits per heavy atom. The summed E-state index contributed by atoms with van der Waals surface area (Å²) in [6.07, 6.45) is 1.29. The lowest BCUT2D eigenvalue weighted by Gasteiger charge is -2.26. The van der Waals surface area contributed by atoms with E-state index >= 15 is 0 Å². The lowest BCUT2D eigenvalue weighted by atomic mass is 9.97. The molecule has 2 rings (SSSR count). The summed E-state index contributed by atoms with van der Waals surface area (Å²) in [7, 11) is 0. The van der Waals surface area contributed by atoms with E-state index in [9.17, 15) is 28.8 Å². The molecule has 2 aliphatic rings. The monoisotopic (exact) mass is 596 g/mol. The number of hydrogen-bond acceptors (Lipinski definition) is 10. The highest BCUT2D eigenvalue weighted by atomic mass is 16.7. The van der Waals surface area contributed by atoms with E-state index in [0.717, 1.165) is 0 Å². The maximum absolute atomic E-state index is 12.9. The van der Waals surface area contributed by atoms with Gasteiger partial charge in [0.05, 0.1) is 10.8 Å². The first kappa shape index (κ1) is 35.0. The number of amides is 2. The molecule has 2 unspecified atom stereocenters. The summed E-state index contributed by atoms with van der Waals surface area (Å²) in [5.74, 6) is -2.63. The molecule has 12 heteroatoms. The molecule has 4 atom stereocenters. The van der Waals surface area contributed by atoms with Crippen molar-refractivity contribution in [2.24, 2.45) is 10.8 Å². The largest absolute Gasteiger partial charge is 0.425 e. The van der Waals surface area contributed by atoms with Crippen LogP contribution in [-0.2, 0) is 47.7 Å². The first-order valence-corrected chi connectivity index (χ1v) is 14.8. The Labute approximate surface area is 248 Å². The van der Waals surface area contributed by atoms with Crippen molar-refractivity contribution in [2.75, 3.05) is 13.1 Å². The summed E-state index contributed by atoms with van der Waals surface area (Å²) in [5, 5.41) is 0.